The van der Waals surface area contributed by atoms with Gasteiger partial charge in [0.2, 0.25) is 0 Å². The van der Waals surface area contributed by atoms with Crippen molar-refractivity contribution in [1.29, 1.82) is 0 Å². The monoisotopic (exact) mass is 220 g/mol. The third kappa shape index (κ3) is 3.86. The number of aryl methyl sites for hydroxylation is 2. The van der Waals surface area contributed by atoms with Gasteiger partial charge in [-0.15, -0.1) is 0 Å². The maximum atomic E-state index is 5.73. The Morgan fingerprint density at radius 1 is 1.38 bits per heavy atom. The summed E-state index contributed by atoms with van der Waals surface area (Å²) in [6.45, 7) is 7.43. The first-order valence-electron chi connectivity index (χ1n) is 6.23. The lowest BCUT2D eigenvalue weighted by atomic mass is 10.1. The molecule has 1 rings (SSSR count). The van der Waals surface area contributed by atoms with Gasteiger partial charge in [-0.25, -0.2) is 0 Å². The molecule has 0 spiro atoms. The lowest BCUT2D eigenvalue weighted by Crippen LogP contribution is -2.16. The zero-order chi connectivity index (χ0) is 12.0. The average Bonchev–Trinajstić information content (AvgIpc) is 2.25. The van der Waals surface area contributed by atoms with E-state index in [2.05, 4.69) is 44.3 Å². The summed E-state index contributed by atoms with van der Waals surface area (Å²) >= 11 is 0. The van der Waals surface area contributed by atoms with Crippen LogP contribution in [0.4, 0.5) is 5.69 Å². The van der Waals surface area contributed by atoms with Gasteiger partial charge in [-0.05, 0) is 44.2 Å². The number of hydrogen-bond acceptors (Lipinski definition) is 2. The first kappa shape index (κ1) is 13.0. The van der Waals surface area contributed by atoms with Gasteiger partial charge in [-0.2, -0.15) is 0 Å². The number of nitrogens with two attached hydrogens (primary N) is 1. The summed E-state index contributed by atoms with van der Waals surface area (Å²) in [6, 6.07) is 6.79. The van der Waals surface area contributed by atoms with Crippen LogP contribution < -0.4 is 11.1 Å². The molecular formula is C14H24N2. The fraction of sp³-hybridized carbons (Fsp3) is 0.571. The van der Waals surface area contributed by atoms with E-state index in [1.165, 1.54) is 16.8 Å². The number of anilines is 1. The Morgan fingerprint density at radius 2 is 2.12 bits per heavy atom. The van der Waals surface area contributed by atoms with Gasteiger partial charge in [0.15, 0.2) is 0 Å². The van der Waals surface area contributed by atoms with Crippen molar-refractivity contribution in [2.24, 2.45) is 5.73 Å². The molecule has 0 saturated carbocycles. The van der Waals surface area contributed by atoms with E-state index in [-0.39, 0.29) is 0 Å². The first-order chi connectivity index (χ1) is 7.65. The molecule has 1 atom stereocenters. The molecule has 0 aliphatic carbocycles. The molecule has 0 radical (unpaired) electrons. The highest BCUT2D eigenvalue weighted by Gasteiger charge is 2.03. The Hall–Kier alpha value is -1.02. The minimum atomic E-state index is 0.310. The molecule has 16 heavy (non-hydrogen) atoms. The van der Waals surface area contributed by atoms with Crippen LogP contribution in [0.2, 0.25) is 0 Å². The van der Waals surface area contributed by atoms with Crippen molar-refractivity contribution in [1.82, 2.24) is 0 Å². The van der Waals surface area contributed by atoms with Gasteiger partial charge in [0, 0.05) is 18.3 Å². The van der Waals surface area contributed by atoms with Gasteiger partial charge in [-0.1, -0.05) is 25.1 Å². The molecule has 0 aliphatic heterocycles. The standard InChI is InChI=1S/C14H24N2/c1-4-13-9-5-7-11(2)14(13)16-10-6-8-12(3)15/h5,7,9,12,16H,4,6,8,10,15H2,1-3H3. The van der Waals surface area contributed by atoms with Crippen molar-refractivity contribution in [3.63, 3.8) is 0 Å². The van der Waals surface area contributed by atoms with Gasteiger partial charge in [0.25, 0.3) is 0 Å². The van der Waals surface area contributed by atoms with E-state index >= 15 is 0 Å². The molecule has 0 heterocycles. The molecule has 1 unspecified atom stereocenters. The lowest BCUT2D eigenvalue weighted by molar-refractivity contribution is 0.639. The van der Waals surface area contributed by atoms with Crippen LogP contribution in [-0.4, -0.2) is 12.6 Å². The van der Waals surface area contributed by atoms with Crippen LogP contribution in [0.15, 0.2) is 18.2 Å². The Balaban J connectivity index is 2.52. The van der Waals surface area contributed by atoms with E-state index in [1.807, 2.05) is 0 Å². The van der Waals surface area contributed by atoms with Gasteiger partial charge < -0.3 is 11.1 Å². The SMILES string of the molecule is CCc1cccc(C)c1NCCCC(C)N. The molecule has 0 aliphatic rings. The molecule has 0 aromatic heterocycles. The Kier molecular flexibility index (Phi) is 5.33. The predicted molar refractivity (Wildman–Crippen MR) is 71.9 cm³/mol. The van der Waals surface area contributed by atoms with Crippen LogP contribution in [0.25, 0.3) is 0 Å². The second kappa shape index (κ2) is 6.54. The molecule has 1 aromatic rings. The normalized spacial score (nSPS) is 12.5. The number of rotatable bonds is 6. The number of nitrogens with one attached hydrogen (secondary N) is 1. The topological polar surface area (TPSA) is 38.0 Å². The summed E-state index contributed by atoms with van der Waals surface area (Å²) in [5, 5.41) is 3.53. The average molecular weight is 220 g/mol. The maximum Gasteiger partial charge on any atom is 0.0402 e. The third-order valence-electron chi connectivity index (χ3n) is 2.88. The van der Waals surface area contributed by atoms with Crippen molar-refractivity contribution < 1.29 is 0 Å². The molecule has 2 nitrogen and oxygen atoms in total. The lowest BCUT2D eigenvalue weighted by Gasteiger charge is -2.14. The Morgan fingerprint density at radius 3 is 2.75 bits per heavy atom. The van der Waals surface area contributed by atoms with E-state index in [0.29, 0.717) is 6.04 Å². The van der Waals surface area contributed by atoms with Crippen molar-refractivity contribution in [2.45, 2.75) is 46.1 Å². The van der Waals surface area contributed by atoms with E-state index in [0.717, 1.165) is 25.8 Å². The van der Waals surface area contributed by atoms with Crippen LogP contribution >= 0.6 is 0 Å². The summed E-state index contributed by atoms with van der Waals surface area (Å²) in [5.41, 5.74) is 9.78. The maximum absolute atomic E-state index is 5.73. The largest absolute Gasteiger partial charge is 0.385 e. The van der Waals surface area contributed by atoms with Crippen molar-refractivity contribution in [3.8, 4) is 0 Å². The molecule has 0 saturated heterocycles. The first-order valence-corrected chi connectivity index (χ1v) is 6.23. The highest BCUT2D eigenvalue weighted by atomic mass is 14.9. The zero-order valence-corrected chi connectivity index (χ0v) is 10.7. The van der Waals surface area contributed by atoms with Gasteiger partial charge in [-0.3, -0.25) is 0 Å². The summed E-state index contributed by atoms with van der Waals surface area (Å²) < 4.78 is 0. The molecule has 0 fully saturated rings. The molecule has 1 aromatic carbocycles. The fourth-order valence-electron chi connectivity index (χ4n) is 1.91. The quantitative estimate of drug-likeness (QED) is 0.723. The van der Waals surface area contributed by atoms with Crippen LogP contribution in [0.1, 0.15) is 37.8 Å². The van der Waals surface area contributed by atoms with E-state index in [9.17, 15) is 0 Å². The summed E-state index contributed by atoms with van der Waals surface area (Å²) in [7, 11) is 0. The predicted octanol–water partition coefficient (Wildman–Crippen LogP) is 3.10. The fourth-order valence-corrected chi connectivity index (χ4v) is 1.91. The van der Waals surface area contributed by atoms with Crippen LogP contribution in [0, 0.1) is 6.92 Å². The third-order valence-corrected chi connectivity index (χ3v) is 2.88. The van der Waals surface area contributed by atoms with Crippen LogP contribution in [0.3, 0.4) is 0 Å². The van der Waals surface area contributed by atoms with Gasteiger partial charge in [0.05, 0.1) is 0 Å². The van der Waals surface area contributed by atoms with Crippen LogP contribution in [0.5, 0.6) is 0 Å². The number of para-hydroxylation sites is 1. The highest BCUT2D eigenvalue weighted by molar-refractivity contribution is 5.57. The van der Waals surface area contributed by atoms with Crippen molar-refractivity contribution in [3.05, 3.63) is 29.3 Å². The minimum Gasteiger partial charge on any atom is -0.385 e. The van der Waals surface area contributed by atoms with Gasteiger partial charge in [0.1, 0.15) is 0 Å². The number of benzene rings is 1. The van der Waals surface area contributed by atoms with Crippen molar-refractivity contribution in [2.75, 3.05) is 11.9 Å². The Labute approximate surface area is 99.2 Å². The molecule has 2 heteroatoms. The smallest absolute Gasteiger partial charge is 0.0402 e. The zero-order valence-electron chi connectivity index (χ0n) is 10.7. The van der Waals surface area contributed by atoms with Crippen LogP contribution in [-0.2, 0) is 6.42 Å². The van der Waals surface area contributed by atoms with E-state index in [4.69, 9.17) is 5.73 Å². The molecule has 0 amide bonds. The summed E-state index contributed by atoms with van der Waals surface area (Å²) in [4.78, 5) is 0. The molecule has 3 N–H and O–H groups in total. The van der Waals surface area contributed by atoms with Gasteiger partial charge >= 0.3 is 0 Å². The van der Waals surface area contributed by atoms with Crippen molar-refractivity contribution >= 4 is 5.69 Å². The summed E-state index contributed by atoms with van der Waals surface area (Å²) in [5.74, 6) is 0. The second-order valence-electron chi connectivity index (χ2n) is 4.51. The summed E-state index contributed by atoms with van der Waals surface area (Å²) in [6.07, 6.45) is 3.30. The van der Waals surface area contributed by atoms with E-state index in [1.54, 1.807) is 0 Å². The highest BCUT2D eigenvalue weighted by Crippen LogP contribution is 2.20. The molecular weight excluding hydrogens is 196 g/mol. The second-order valence-corrected chi connectivity index (χ2v) is 4.51. The van der Waals surface area contributed by atoms with E-state index < -0.39 is 0 Å². The minimum absolute atomic E-state index is 0.310. The molecule has 0 bridgehead atoms. The Bertz CT molecular complexity index is 319. The molecule has 90 valence electrons. The number of hydrogen-bond donors (Lipinski definition) is 2.